The molecule has 2 aromatic carbocycles. The highest BCUT2D eigenvalue weighted by atomic mass is 35.5. The zero-order valence-corrected chi connectivity index (χ0v) is 16.6. The number of benzene rings is 2. The van der Waals surface area contributed by atoms with Crippen LogP contribution in [0.5, 0.6) is 0 Å². The van der Waals surface area contributed by atoms with Gasteiger partial charge in [-0.2, -0.15) is 0 Å². The second-order valence-electron chi connectivity index (χ2n) is 7.16. The van der Waals surface area contributed by atoms with Crippen molar-refractivity contribution in [2.45, 2.75) is 18.8 Å². The molecule has 2 N–H and O–H groups in total. The monoisotopic (exact) mass is 388 g/mol. The molecule has 27 heavy (non-hydrogen) atoms. The van der Waals surface area contributed by atoms with Crippen molar-refractivity contribution >= 4 is 18.3 Å². The second-order valence-corrected chi connectivity index (χ2v) is 7.16. The Kier molecular flexibility index (Phi) is 8.29. The Morgan fingerprint density at radius 1 is 1.04 bits per heavy atom. The summed E-state index contributed by atoms with van der Waals surface area (Å²) in [6, 6.07) is 20.0. The van der Waals surface area contributed by atoms with Crippen LogP contribution in [0.3, 0.4) is 0 Å². The van der Waals surface area contributed by atoms with E-state index in [1.807, 2.05) is 60.7 Å². The van der Waals surface area contributed by atoms with Crippen LogP contribution in [0.4, 0.5) is 0 Å². The van der Waals surface area contributed by atoms with Gasteiger partial charge in [0.05, 0.1) is 12.5 Å². The van der Waals surface area contributed by atoms with Crippen molar-refractivity contribution in [1.29, 1.82) is 0 Å². The van der Waals surface area contributed by atoms with Crippen LogP contribution in [0.2, 0.25) is 0 Å². The zero-order valence-electron chi connectivity index (χ0n) is 15.8. The van der Waals surface area contributed by atoms with E-state index in [1.54, 1.807) is 7.11 Å². The SMILES string of the molecule is COCC1(CNC(=O)C(c2ccccc2)c2ccccc2)CCNCC1.Cl. The summed E-state index contributed by atoms with van der Waals surface area (Å²) in [5.41, 5.74) is 2.05. The third kappa shape index (κ3) is 5.55. The van der Waals surface area contributed by atoms with Gasteiger partial charge < -0.3 is 15.4 Å². The summed E-state index contributed by atoms with van der Waals surface area (Å²) in [6.07, 6.45) is 2.03. The van der Waals surface area contributed by atoms with E-state index in [9.17, 15) is 4.79 Å². The van der Waals surface area contributed by atoms with Gasteiger partial charge in [0.1, 0.15) is 0 Å². The van der Waals surface area contributed by atoms with E-state index < -0.39 is 0 Å². The molecule has 0 bridgehead atoms. The fraction of sp³-hybridized carbons (Fsp3) is 0.409. The predicted octanol–water partition coefficient (Wildman–Crippen LogP) is 3.37. The number of hydrogen-bond acceptors (Lipinski definition) is 3. The quantitative estimate of drug-likeness (QED) is 0.764. The van der Waals surface area contributed by atoms with E-state index in [0.29, 0.717) is 13.2 Å². The van der Waals surface area contributed by atoms with Crippen molar-refractivity contribution in [3.8, 4) is 0 Å². The predicted molar refractivity (Wildman–Crippen MR) is 111 cm³/mol. The molecule has 0 aromatic heterocycles. The van der Waals surface area contributed by atoms with Crippen LogP contribution in [0.15, 0.2) is 60.7 Å². The largest absolute Gasteiger partial charge is 0.384 e. The van der Waals surface area contributed by atoms with Gasteiger partial charge in [0, 0.05) is 19.1 Å². The molecule has 1 aliphatic heterocycles. The number of nitrogens with one attached hydrogen (secondary N) is 2. The minimum atomic E-state index is -0.293. The molecule has 0 unspecified atom stereocenters. The maximum absolute atomic E-state index is 13.2. The molecule has 1 amide bonds. The third-order valence-electron chi connectivity index (χ3n) is 5.28. The van der Waals surface area contributed by atoms with Crippen molar-refractivity contribution in [2.75, 3.05) is 33.4 Å². The maximum atomic E-state index is 13.2. The average Bonchev–Trinajstić information content (AvgIpc) is 2.69. The fourth-order valence-electron chi connectivity index (χ4n) is 3.80. The van der Waals surface area contributed by atoms with Gasteiger partial charge in [-0.05, 0) is 37.1 Å². The summed E-state index contributed by atoms with van der Waals surface area (Å²) in [4.78, 5) is 13.2. The average molecular weight is 389 g/mol. The van der Waals surface area contributed by atoms with Crippen LogP contribution in [-0.4, -0.2) is 39.3 Å². The summed E-state index contributed by atoms with van der Waals surface area (Å²) < 4.78 is 5.47. The number of piperidine rings is 1. The first-order valence-electron chi connectivity index (χ1n) is 9.31. The third-order valence-corrected chi connectivity index (χ3v) is 5.28. The van der Waals surface area contributed by atoms with Gasteiger partial charge >= 0.3 is 0 Å². The molecular weight excluding hydrogens is 360 g/mol. The smallest absolute Gasteiger partial charge is 0.232 e. The number of rotatable bonds is 7. The number of halogens is 1. The number of methoxy groups -OCH3 is 1. The molecule has 3 rings (SSSR count). The first-order valence-corrected chi connectivity index (χ1v) is 9.31. The van der Waals surface area contributed by atoms with Crippen molar-refractivity contribution in [1.82, 2.24) is 10.6 Å². The van der Waals surface area contributed by atoms with Crippen LogP contribution < -0.4 is 10.6 Å². The van der Waals surface area contributed by atoms with Crippen molar-refractivity contribution in [3.63, 3.8) is 0 Å². The molecule has 4 nitrogen and oxygen atoms in total. The van der Waals surface area contributed by atoms with E-state index in [4.69, 9.17) is 4.74 Å². The van der Waals surface area contributed by atoms with Gasteiger partial charge in [0.25, 0.3) is 0 Å². The number of ether oxygens (including phenoxy) is 1. The maximum Gasteiger partial charge on any atom is 0.232 e. The van der Waals surface area contributed by atoms with Crippen LogP contribution in [0.25, 0.3) is 0 Å². The Hall–Kier alpha value is -1.88. The van der Waals surface area contributed by atoms with Crippen molar-refractivity contribution in [2.24, 2.45) is 5.41 Å². The molecule has 0 spiro atoms. The molecule has 0 aliphatic carbocycles. The molecule has 5 heteroatoms. The van der Waals surface area contributed by atoms with Gasteiger partial charge in [-0.15, -0.1) is 12.4 Å². The topological polar surface area (TPSA) is 50.4 Å². The van der Waals surface area contributed by atoms with Crippen molar-refractivity contribution < 1.29 is 9.53 Å². The molecule has 1 aliphatic rings. The summed E-state index contributed by atoms with van der Waals surface area (Å²) in [7, 11) is 1.74. The lowest BCUT2D eigenvalue weighted by molar-refractivity contribution is -0.122. The summed E-state index contributed by atoms with van der Waals surface area (Å²) in [5, 5.41) is 6.62. The molecule has 1 fully saturated rings. The Balaban J connectivity index is 0.00000261. The van der Waals surface area contributed by atoms with E-state index in [1.165, 1.54) is 0 Å². The Morgan fingerprint density at radius 3 is 2.04 bits per heavy atom. The molecule has 0 radical (unpaired) electrons. The first-order chi connectivity index (χ1) is 12.7. The molecule has 0 saturated carbocycles. The summed E-state index contributed by atoms with van der Waals surface area (Å²) in [6.45, 7) is 3.27. The zero-order chi connectivity index (χ0) is 18.2. The van der Waals surface area contributed by atoms with Gasteiger partial charge in [0.15, 0.2) is 0 Å². The standard InChI is InChI=1S/C22H28N2O2.ClH/c1-26-17-22(12-14-23-15-13-22)16-24-21(25)20(18-8-4-2-5-9-18)19-10-6-3-7-11-19;/h2-11,20,23H,12-17H2,1H3,(H,24,25);1H. The summed E-state index contributed by atoms with van der Waals surface area (Å²) >= 11 is 0. The van der Waals surface area contributed by atoms with E-state index >= 15 is 0 Å². The lowest BCUT2D eigenvalue weighted by atomic mass is 9.79. The highest BCUT2D eigenvalue weighted by molar-refractivity contribution is 5.87. The number of amides is 1. The first kappa shape index (κ1) is 21.4. The molecule has 1 heterocycles. The summed E-state index contributed by atoms with van der Waals surface area (Å²) in [5.74, 6) is -0.241. The fourth-order valence-corrected chi connectivity index (χ4v) is 3.80. The van der Waals surface area contributed by atoms with Crippen molar-refractivity contribution in [3.05, 3.63) is 71.8 Å². The molecule has 1 saturated heterocycles. The van der Waals surface area contributed by atoms with E-state index in [-0.39, 0.29) is 29.6 Å². The van der Waals surface area contributed by atoms with E-state index in [0.717, 1.165) is 37.1 Å². The van der Waals surface area contributed by atoms with Crippen LogP contribution in [0.1, 0.15) is 29.9 Å². The second kappa shape index (κ2) is 10.5. The Bertz CT molecular complexity index is 643. The van der Waals surface area contributed by atoms with E-state index in [2.05, 4.69) is 10.6 Å². The van der Waals surface area contributed by atoms with Gasteiger partial charge in [0.2, 0.25) is 5.91 Å². The Morgan fingerprint density at radius 2 is 1.56 bits per heavy atom. The highest BCUT2D eigenvalue weighted by Gasteiger charge is 2.33. The lowest BCUT2D eigenvalue weighted by Crippen LogP contribution is -2.48. The number of carbonyl (C=O) groups is 1. The van der Waals surface area contributed by atoms with Gasteiger partial charge in [-0.3, -0.25) is 4.79 Å². The minimum Gasteiger partial charge on any atom is -0.384 e. The van der Waals surface area contributed by atoms with Crippen LogP contribution in [-0.2, 0) is 9.53 Å². The Labute approximate surface area is 168 Å². The molecular formula is C22H29ClN2O2. The van der Waals surface area contributed by atoms with Crippen LogP contribution in [0, 0.1) is 5.41 Å². The lowest BCUT2D eigenvalue weighted by Gasteiger charge is -2.37. The number of hydrogen-bond donors (Lipinski definition) is 2. The van der Waals surface area contributed by atoms with Gasteiger partial charge in [-0.25, -0.2) is 0 Å². The normalized spacial score (nSPS) is 15.8. The molecule has 2 aromatic rings. The molecule has 0 atom stereocenters. The minimum absolute atomic E-state index is 0. The molecule has 146 valence electrons. The van der Waals surface area contributed by atoms with Crippen LogP contribution >= 0.6 is 12.4 Å². The number of carbonyl (C=O) groups excluding carboxylic acids is 1. The van der Waals surface area contributed by atoms with Gasteiger partial charge in [-0.1, -0.05) is 60.7 Å². The highest BCUT2D eigenvalue weighted by Crippen LogP contribution is 2.30.